The number of pyridine rings is 1. The number of hydrogen-bond acceptors (Lipinski definition) is 4. The normalized spacial score (nSPS) is 10.5. The minimum Gasteiger partial charge on any atom is -0.346 e. The van der Waals surface area contributed by atoms with Gasteiger partial charge in [0.15, 0.2) is 0 Å². The molecule has 0 aromatic carbocycles. The number of aromatic nitrogens is 4. The van der Waals surface area contributed by atoms with Crippen LogP contribution in [-0.2, 0) is 6.54 Å². The number of fused-ring (bicyclic) bond motifs is 1. The molecule has 1 N–H and O–H groups in total. The second kappa shape index (κ2) is 4.85. The highest BCUT2D eigenvalue weighted by Crippen LogP contribution is 2.09. The van der Waals surface area contributed by atoms with Crippen LogP contribution in [-0.4, -0.2) is 25.5 Å². The summed E-state index contributed by atoms with van der Waals surface area (Å²) in [4.78, 5) is 19.6. The molecule has 0 saturated carbocycles. The van der Waals surface area contributed by atoms with E-state index in [0.29, 0.717) is 12.2 Å². The summed E-state index contributed by atoms with van der Waals surface area (Å²) in [5, 5.41) is 7.01. The molecular formula is C13H11N5O. The van der Waals surface area contributed by atoms with Crippen LogP contribution in [0.3, 0.4) is 0 Å². The molecule has 0 aliphatic carbocycles. The van der Waals surface area contributed by atoms with Crippen LogP contribution < -0.4 is 5.32 Å². The molecule has 6 nitrogen and oxygen atoms in total. The summed E-state index contributed by atoms with van der Waals surface area (Å²) in [6.07, 6.45) is 8.06. The molecule has 0 saturated heterocycles. The molecule has 0 bridgehead atoms. The first-order valence-electron chi connectivity index (χ1n) is 5.80. The summed E-state index contributed by atoms with van der Waals surface area (Å²) in [5.41, 5.74) is 2.23. The number of amides is 1. The van der Waals surface area contributed by atoms with Crippen molar-refractivity contribution in [3.8, 4) is 0 Å². The van der Waals surface area contributed by atoms with Gasteiger partial charge in [0, 0.05) is 30.7 Å². The standard InChI is InChI=1S/C13H11N5O/c19-13(11-9-14-4-5-15-11)16-7-10-8-17-18-6-2-1-3-12(10)18/h1-6,8-9H,7H2,(H,16,19). The molecule has 3 rings (SSSR count). The number of rotatable bonds is 3. The average molecular weight is 253 g/mol. The summed E-state index contributed by atoms with van der Waals surface area (Å²) in [6, 6.07) is 5.80. The highest BCUT2D eigenvalue weighted by atomic mass is 16.1. The fourth-order valence-corrected chi connectivity index (χ4v) is 1.81. The monoisotopic (exact) mass is 253 g/mol. The van der Waals surface area contributed by atoms with Gasteiger partial charge in [0.05, 0.1) is 17.9 Å². The first-order valence-corrected chi connectivity index (χ1v) is 5.80. The van der Waals surface area contributed by atoms with E-state index in [0.717, 1.165) is 11.1 Å². The van der Waals surface area contributed by atoms with E-state index in [-0.39, 0.29) is 5.91 Å². The molecule has 19 heavy (non-hydrogen) atoms. The van der Waals surface area contributed by atoms with Crippen molar-refractivity contribution < 1.29 is 4.79 Å². The van der Waals surface area contributed by atoms with Gasteiger partial charge in [0.2, 0.25) is 0 Å². The van der Waals surface area contributed by atoms with Crippen LogP contribution >= 0.6 is 0 Å². The van der Waals surface area contributed by atoms with Gasteiger partial charge < -0.3 is 5.32 Å². The summed E-state index contributed by atoms with van der Waals surface area (Å²) >= 11 is 0. The molecule has 0 radical (unpaired) electrons. The number of hydrogen-bond donors (Lipinski definition) is 1. The molecule has 0 aliphatic rings. The zero-order valence-corrected chi connectivity index (χ0v) is 10.0. The predicted molar refractivity (Wildman–Crippen MR) is 68.4 cm³/mol. The minimum absolute atomic E-state index is 0.247. The lowest BCUT2D eigenvalue weighted by atomic mass is 10.2. The highest BCUT2D eigenvalue weighted by molar-refractivity contribution is 5.91. The molecule has 3 aromatic heterocycles. The lowest BCUT2D eigenvalue weighted by Crippen LogP contribution is -2.23. The van der Waals surface area contributed by atoms with Gasteiger partial charge in [-0.2, -0.15) is 5.10 Å². The van der Waals surface area contributed by atoms with Crippen LogP contribution in [0.2, 0.25) is 0 Å². The van der Waals surface area contributed by atoms with Crippen LogP contribution in [0, 0.1) is 0 Å². The van der Waals surface area contributed by atoms with Gasteiger partial charge in [0.1, 0.15) is 5.69 Å². The maximum absolute atomic E-state index is 11.8. The number of carbonyl (C=O) groups excluding carboxylic acids is 1. The minimum atomic E-state index is -0.247. The Morgan fingerprint density at radius 3 is 3.05 bits per heavy atom. The van der Waals surface area contributed by atoms with Gasteiger partial charge in [0.25, 0.3) is 5.91 Å². The third kappa shape index (κ3) is 2.28. The van der Waals surface area contributed by atoms with E-state index < -0.39 is 0 Å². The maximum atomic E-state index is 11.8. The lowest BCUT2D eigenvalue weighted by Gasteiger charge is -2.02. The third-order valence-corrected chi connectivity index (χ3v) is 2.74. The topological polar surface area (TPSA) is 72.2 Å². The molecule has 0 aliphatic heterocycles. The van der Waals surface area contributed by atoms with Crippen LogP contribution in [0.1, 0.15) is 16.1 Å². The van der Waals surface area contributed by atoms with Crippen LogP contribution in [0.15, 0.2) is 49.2 Å². The van der Waals surface area contributed by atoms with Crippen LogP contribution in [0.25, 0.3) is 5.52 Å². The van der Waals surface area contributed by atoms with Gasteiger partial charge in [-0.1, -0.05) is 6.07 Å². The average Bonchev–Trinajstić information content (AvgIpc) is 2.89. The van der Waals surface area contributed by atoms with E-state index in [1.165, 1.54) is 18.6 Å². The Morgan fingerprint density at radius 2 is 2.21 bits per heavy atom. The Kier molecular flexibility index (Phi) is 2.89. The molecule has 6 heteroatoms. The van der Waals surface area contributed by atoms with Crippen LogP contribution in [0.4, 0.5) is 0 Å². The molecular weight excluding hydrogens is 242 g/mol. The molecule has 94 valence electrons. The first-order chi connectivity index (χ1) is 9.34. The van der Waals surface area contributed by atoms with Crippen molar-refractivity contribution >= 4 is 11.4 Å². The van der Waals surface area contributed by atoms with E-state index in [1.54, 1.807) is 10.7 Å². The molecule has 0 fully saturated rings. The number of carbonyl (C=O) groups is 1. The van der Waals surface area contributed by atoms with Gasteiger partial charge in [-0.05, 0) is 12.1 Å². The van der Waals surface area contributed by atoms with Gasteiger partial charge in [-0.25, -0.2) is 9.50 Å². The smallest absolute Gasteiger partial charge is 0.271 e. The Morgan fingerprint density at radius 1 is 1.26 bits per heavy atom. The highest BCUT2D eigenvalue weighted by Gasteiger charge is 2.08. The number of nitrogens with one attached hydrogen (secondary N) is 1. The molecule has 0 unspecified atom stereocenters. The molecule has 1 amide bonds. The lowest BCUT2D eigenvalue weighted by molar-refractivity contribution is 0.0945. The van der Waals surface area contributed by atoms with Crippen molar-refractivity contribution in [3.63, 3.8) is 0 Å². The zero-order chi connectivity index (χ0) is 13.1. The second-order valence-electron chi connectivity index (χ2n) is 3.97. The van der Waals surface area contributed by atoms with E-state index in [2.05, 4.69) is 20.4 Å². The van der Waals surface area contributed by atoms with Crippen molar-refractivity contribution in [1.29, 1.82) is 0 Å². The largest absolute Gasteiger partial charge is 0.346 e. The van der Waals surface area contributed by atoms with Crippen molar-refractivity contribution in [3.05, 3.63) is 60.4 Å². The Bertz CT molecular complexity index is 707. The van der Waals surface area contributed by atoms with E-state index >= 15 is 0 Å². The predicted octanol–water partition coefficient (Wildman–Crippen LogP) is 1.05. The summed E-state index contributed by atoms with van der Waals surface area (Å²) in [7, 11) is 0. The molecule has 0 spiro atoms. The first kappa shape index (κ1) is 11.3. The van der Waals surface area contributed by atoms with Crippen molar-refractivity contribution in [2.75, 3.05) is 0 Å². The van der Waals surface area contributed by atoms with Crippen molar-refractivity contribution in [2.45, 2.75) is 6.54 Å². The van der Waals surface area contributed by atoms with Crippen molar-refractivity contribution in [2.24, 2.45) is 0 Å². The molecule has 3 heterocycles. The fraction of sp³-hybridized carbons (Fsp3) is 0.0769. The van der Waals surface area contributed by atoms with E-state index in [4.69, 9.17) is 0 Å². The maximum Gasteiger partial charge on any atom is 0.271 e. The Hall–Kier alpha value is -2.76. The zero-order valence-electron chi connectivity index (χ0n) is 10.0. The van der Waals surface area contributed by atoms with E-state index in [1.807, 2.05) is 24.4 Å². The fourth-order valence-electron chi connectivity index (χ4n) is 1.81. The third-order valence-electron chi connectivity index (χ3n) is 2.74. The Labute approximate surface area is 109 Å². The summed E-state index contributed by atoms with van der Waals surface area (Å²) < 4.78 is 1.77. The van der Waals surface area contributed by atoms with Gasteiger partial charge in [-0.3, -0.25) is 9.78 Å². The Balaban J connectivity index is 1.75. The van der Waals surface area contributed by atoms with Gasteiger partial charge in [-0.15, -0.1) is 0 Å². The summed E-state index contributed by atoms with van der Waals surface area (Å²) in [6.45, 7) is 0.406. The quantitative estimate of drug-likeness (QED) is 0.757. The van der Waals surface area contributed by atoms with Crippen LogP contribution in [0.5, 0.6) is 0 Å². The SMILES string of the molecule is O=C(NCc1cnn2ccccc12)c1cnccn1. The molecule has 3 aromatic rings. The number of nitrogens with zero attached hydrogens (tertiary/aromatic N) is 4. The van der Waals surface area contributed by atoms with Crippen molar-refractivity contribution in [1.82, 2.24) is 24.9 Å². The van der Waals surface area contributed by atoms with Gasteiger partial charge >= 0.3 is 0 Å². The summed E-state index contributed by atoms with van der Waals surface area (Å²) in [5.74, 6) is -0.247. The van der Waals surface area contributed by atoms with E-state index in [9.17, 15) is 4.79 Å². The second-order valence-corrected chi connectivity index (χ2v) is 3.97. The molecule has 0 atom stereocenters.